The van der Waals surface area contributed by atoms with Crippen molar-refractivity contribution in [3.05, 3.63) is 52.5 Å². The lowest BCUT2D eigenvalue weighted by Gasteiger charge is -2.10. The summed E-state index contributed by atoms with van der Waals surface area (Å²) in [5.41, 5.74) is -0.303. The minimum atomic E-state index is -4.38. The Morgan fingerprint density at radius 1 is 1.22 bits per heavy atom. The summed E-state index contributed by atoms with van der Waals surface area (Å²) in [4.78, 5) is 8.31. The average molecular weight is 407 g/mol. The van der Waals surface area contributed by atoms with E-state index in [1.807, 2.05) is 0 Å². The maximum Gasteiger partial charge on any atom is 0.416 e. The summed E-state index contributed by atoms with van der Waals surface area (Å²) in [7, 11) is 0. The Bertz CT molecular complexity index is 784. The van der Waals surface area contributed by atoms with Crippen LogP contribution in [-0.2, 0) is 6.18 Å². The van der Waals surface area contributed by atoms with Crippen molar-refractivity contribution in [1.29, 1.82) is 0 Å². The minimum absolute atomic E-state index is 0.193. The third-order valence-corrected chi connectivity index (χ3v) is 3.85. The van der Waals surface area contributed by atoms with Gasteiger partial charge in [0.15, 0.2) is 15.7 Å². The van der Waals surface area contributed by atoms with Crippen LogP contribution in [0.3, 0.4) is 0 Å². The molecular weight excluding hydrogens is 399 g/mol. The van der Waals surface area contributed by atoms with Gasteiger partial charge in [-0.2, -0.15) is 13.2 Å². The van der Waals surface area contributed by atoms with E-state index in [2.05, 4.69) is 31.2 Å². The molecule has 1 aliphatic rings. The van der Waals surface area contributed by atoms with Crippen LogP contribution in [-0.4, -0.2) is 10.3 Å². The number of hydrogen-bond acceptors (Lipinski definition) is 4. The lowest BCUT2D eigenvalue weighted by atomic mass is 10.1. The van der Waals surface area contributed by atoms with Crippen LogP contribution in [0.5, 0.6) is 0 Å². The van der Waals surface area contributed by atoms with Crippen LogP contribution in [0.1, 0.15) is 17.4 Å². The van der Waals surface area contributed by atoms with Gasteiger partial charge in [-0.25, -0.2) is 9.98 Å². The maximum absolute atomic E-state index is 12.6. The number of halogens is 5. The Hall–Kier alpha value is -1.80. The summed E-state index contributed by atoms with van der Waals surface area (Å²) in [5.74, 6) is 0.606. The molecule has 0 radical (unpaired) electrons. The predicted molar refractivity (Wildman–Crippen MR) is 82.9 cm³/mol. The molecule has 1 N–H and O–H groups in total. The van der Waals surface area contributed by atoms with Gasteiger partial charge < -0.3 is 9.73 Å². The van der Waals surface area contributed by atoms with Crippen LogP contribution in [0.15, 0.2) is 50.6 Å². The van der Waals surface area contributed by atoms with Crippen LogP contribution < -0.4 is 5.32 Å². The molecule has 0 aliphatic carbocycles. The van der Waals surface area contributed by atoms with Crippen LogP contribution >= 0.6 is 27.5 Å². The topological polar surface area (TPSA) is 50.4 Å². The first-order valence-electron chi connectivity index (χ1n) is 6.35. The van der Waals surface area contributed by atoms with Crippen molar-refractivity contribution in [3.63, 3.8) is 0 Å². The van der Waals surface area contributed by atoms with Gasteiger partial charge >= 0.3 is 6.18 Å². The van der Waals surface area contributed by atoms with Gasteiger partial charge in [0.1, 0.15) is 6.04 Å². The first-order chi connectivity index (χ1) is 10.8. The van der Waals surface area contributed by atoms with Crippen LogP contribution in [0.4, 0.5) is 13.2 Å². The highest BCUT2D eigenvalue weighted by Crippen LogP contribution is 2.34. The monoisotopic (exact) mass is 405 g/mol. The molecule has 4 nitrogen and oxygen atoms in total. The summed E-state index contributed by atoms with van der Waals surface area (Å²) >= 11 is 9.07. The molecule has 2 aromatic rings. The van der Waals surface area contributed by atoms with E-state index in [4.69, 9.17) is 16.0 Å². The second-order valence-electron chi connectivity index (χ2n) is 4.62. The van der Waals surface area contributed by atoms with Gasteiger partial charge in [0.25, 0.3) is 0 Å². The van der Waals surface area contributed by atoms with Crippen molar-refractivity contribution in [2.45, 2.75) is 12.2 Å². The van der Waals surface area contributed by atoms with Gasteiger partial charge in [-0.1, -0.05) is 0 Å². The van der Waals surface area contributed by atoms with Gasteiger partial charge in [-0.15, -0.1) is 0 Å². The van der Waals surface area contributed by atoms with Crippen LogP contribution in [0.25, 0.3) is 11.5 Å². The Balaban J connectivity index is 1.92. The van der Waals surface area contributed by atoms with Gasteiger partial charge in [0.2, 0.25) is 5.89 Å². The van der Waals surface area contributed by atoms with E-state index in [9.17, 15) is 13.2 Å². The molecule has 1 aromatic carbocycles. The number of amidine groups is 1. The quantitative estimate of drug-likeness (QED) is 0.724. The fourth-order valence-electron chi connectivity index (χ4n) is 1.98. The zero-order valence-electron chi connectivity index (χ0n) is 11.2. The predicted octanol–water partition coefficient (Wildman–Crippen LogP) is 4.88. The fourth-order valence-corrected chi connectivity index (χ4v) is 2.62. The van der Waals surface area contributed by atoms with Gasteiger partial charge in [0, 0.05) is 11.8 Å². The van der Waals surface area contributed by atoms with Gasteiger partial charge in [0.05, 0.1) is 5.56 Å². The second kappa shape index (κ2) is 6.01. The lowest BCUT2D eigenvalue weighted by molar-refractivity contribution is -0.137. The molecule has 0 spiro atoms. The number of nitrogens with one attached hydrogen (secondary N) is 1. The number of aliphatic imine (C=N–C) groups is 1. The molecular formula is C14H8BrClF3N3O. The van der Waals surface area contributed by atoms with Crippen molar-refractivity contribution in [3.8, 4) is 11.5 Å². The third kappa shape index (κ3) is 3.42. The molecule has 120 valence electrons. The molecule has 2 heterocycles. The maximum atomic E-state index is 12.6. The number of nitrogens with zero attached hydrogens (tertiary/aromatic N) is 2. The summed E-state index contributed by atoms with van der Waals surface area (Å²) in [6.07, 6.45) is -1.05. The largest absolute Gasteiger partial charge is 0.437 e. The molecule has 0 bridgehead atoms. The van der Waals surface area contributed by atoms with E-state index in [1.165, 1.54) is 12.1 Å². The zero-order chi connectivity index (χ0) is 16.6. The number of alkyl halides is 3. The minimum Gasteiger partial charge on any atom is -0.437 e. The van der Waals surface area contributed by atoms with Crippen molar-refractivity contribution < 1.29 is 17.6 Å². The Kier molecular flexibility index (Phi) is 4.20. The summed E-state index contributed by atoms with van der Waals surface area (Å²) < 4.78 is 43.8. The number of oxazole rings is 1. The van der Waals surface area contributed by atoms with Crippen LogP contribution in [0, 0.1) is 0 Å². The first kappa shape index (κ1) is 16.1. The Morgan fingerprint density at radius 3 is 2.52 bits per heavy atom. The third-order valence-electron chi connectivity index (χ3n) is 3.07. The standard InChI is InChI=1S/C14H8BrClF3N3O/c15-11-10(9-5-6-20-13(16)21-9)23-12(22-11)7-1-3-8(4-2-7)14(17,18)19/h1-6,9H,(H,20,21). The number of benzene rings is 1. The van der Waals surface area contributed by atoms with E-state index in [1.54, 1.807) is 12.3 Å². The molecule has 3 rings (SSSR count). The molecule has 1 aliphatic heterocycles. The van der Waals surface area contributed by atoms with E-state index >= 15 is 0 Å². The summed E-state index contributed by atoms with van der Waals surface area (Å²) in [6.45, 7) is 0. The van der Waals surface area contributed by atoms with E-state index < -0.39 is 17.8 Å². The van der Waals surface area contributed by atoms with Crippen molar-refractivity contribution in [2.24, 2.45) is 4.99 Å². The smallest absolute Gasteiger partial charge is 0.416 e. The molecule has 0 saturated carbocycles. The molecule has 0 amide bonds. The molecule has 0 saturated heterocycles. The molecule has 1 unspecified atom stereocenters. The highest BCUT2D eigenvalue weighted by molar-refractivity contribution is 9.10. The number of aromatic nitrogens is 1. The molecule has 1 atom stereocenters. The number of hydrogen-bond donors (Lipinski definition) is 1. The Labute approximate surface area is 142 Å². The average Bonchev–Trinajstić information content (AvgIpc) is 2.88. The molecule has 23 heavy (non-hydrogen) atoms. The molecule has 9 heteroatoms. The van der Waals surface area contributed by atoms with Crippen LogP contribution in [0.2, 0.25) is 0 Å². The SMILES string of the molecule is FC(F)(F)c1ccc(-c2nc(Br)c(C3C=CNC(Cl)=N3)o2)cc1. The highest BCUT2D eigenvalue weighted by Gasteiger charge is 2.30. The normalized spacial score (nSPS) is 17.8. The van der Waals surface area contributed by atoms with Crippen molar-refractivity contribution >= 4 is 32.8 Å². The van der Waals surface area contributed by atoms with E-state index in [-0.39, 0.29) is 11.2 Å². The molecule has 1 aromatic heterocycles. The van der Waals surface area contributed by atoms with Crippen molar-refractivity contribution in [2.75, 3.05) is 0 Å². The van der Waals surface area contributed by atoms with E-state index in [0.717, 1.165) is 12.1 Å². The molecule has 0 fully saturated rings. The Morgan fingerprint density at radius 2 is 1.91 bits per heavy atom. The first-order valence-corrected chi connectivity index (χ1v) is 7.52. The second-order valence-corrected chi connectivity index (χ2v) is 5.73. The van der Waals surface area contributed by atoms with Gasteiger partial charge in [-0.3, -0.25) is 0 Å². The highest BCUT2D eigenvalue weighted by atomic mass is 79.9. The van der Waals surface area contributed by atoms with Crippen molar-refractivity contribution in [1.82, 2.24) is 10.3 Å². The lowest BCUT2D eigenvalue weighted by Crippen LogP contribution is -2.16. The fraction of sp³-hybridized carbons (Fsp3) is 0.143. The van der Waals surface area contributed by atoms with E-state index in [0.29, 0.717) is 15.9 Å². The zero-order valence-corrected chi connectivity index (χ0v) is 13.6. The summed E-state index contributed by atoms with van der Waals surface area (Å²) in [6, 6.07) is 4.10. The van der Waals surface area contributed by atoms with Gasteiger partial charge in [-0.05, 0) is 57.9 Å². The summed E-state index contributed by atoms with van der Waals surface area (Å²) in [5, 5.41) is 2.92. The number of rotatable bonds is 2.